The first-order chi connectivity index (χ1) is 47.9. The van der Waals surface area contributed by atoms with Crippen LogP contribution in [0.5, 0.6) is 17.2 Å². The van der Waals surface area contributed by atoms with Gasteiger partial charge in [0.1, 0.15) is 45.5 Å². The molecule has 0 saturated heterocycles. The summed E-state index contributed by atoms with van der Waals surface area (Å²) in [4.78, 5) is 40.8. The lowest BCUT2D eigenvalue weighted by Gasteiger charge is -2.08. The molecule has 15 heteroatoms. The Morgan fingerprint density at radius 2 is 0.646 bits per heavy atom. The van der Waals surface area contributed by atoms with Gasteiger partial charge in [0.2, 0.25) is 0 Å². The number of furan rings is 3. The van der Waals surface area contributed by atoms with Crippen LogP contribution in [0.3, 0.4) is 0 Å². The van der Waals surface area contributed by atoms with Crippen molar-refractivity contribution in [1.29, 1.82) is 0 Å². The summed E-state index contributed by atoms with van der Waals surface area (Å²) in [6.45, 7) is 6.48. The highest BCUT2D eigenvalue weighted by Gasteiger charge is 2.27. The summed E-state index contributed by atoms with van der Waals surface area (Å²) in [6, 6.07) is 59.5. The number of nitrogen functional groups attached to an aromatic ring is 2. The number of carbonyl (C=O) groups is 3. The van der Waals surface area contributed by atoms with Crippen molar-refractivity contribution >= 4 is 139 Å². The Labute approximate surface area is 623 Å². The molecule has 12 rings (SSSR count). The maximum absolute atomic E-state index is 13.6. The number of benzene rings is 9. The number of aromatic hydroxyl groups is 3. The van der Waals surface area contributed by atoms with Crippen molar-refractivity contribution in [1.82, 2.24) is 0 Å². The molecule has 3 aromatic heterocycles. The Morgan fingerprint density at radius 1 is 0.354 bits per heavy atom. The number of carbonyl (C=O) groups excluding carboxylic acids is 3. The number of hydrogen-bond donors (Lipinski definition) is 5. The van der Waals surface area contributed by atoms with Gasteiger partial charge >= 0.3 is 0 Å². The molecule has 0 aliphatic carbocycles. The molecule has 0 unspecified atom stereocenters. The number of aryl methyl sites for hydroxylation is 9. The van der Waals surface area contributed by atoms with Crippen LogP contribution in [0.2, 0.25) is 0 Å². The minimum atomic E-state index is -0.199. The van der Waals surface area contributed by atoms with E-state index >= 15 is 0 Å². The summed E-state index contributed by atoms with van der Waals surface area (Å²) in [5, 5.41) is 32.6. The van der Waals surface area contributed by atoms with Crippen LogP contribution in [0.1, 0.15) is 177 Å². The molecule has 0 spiro atoms. The Balaban J connectivity index is 0.000000161. The van der Waals surface area contributed by atoms with Gasteiger partial charge in [0, 0.05) is 52.1 Å². The fourth-order valence-corrected chi connectivity index (χ4v) is 15.3. The second-order valence-electron chi connectivity index (χ2n) is 25.1. The highest BCUT2D eigenvalue weighted by molar-refractivity contribution is 14.1. The maximum atomic E-state index is 13.6. The van der Waals surface area contributed by atoms with Crippen molar-refractivity contribution in [2.45, 2.75) is 136 Å². The molecule has 0 saturated carbocycles. The van der Waals surface area contributed by atoms with Crippen molar-refractivity contribution in [2.24, 2.45) is 0 Å². The molecule has 0 bridgehead atoms. The third-order valence-corrected chi connectivity index (χ3v) is 20.7. The minimum absolute atomic E-state index is 0.0480. The van der Waals surface area contributed by atoms with Crippen LogP contribution in [0, 0.1) is 7.14 Å². The largest absolute Gasteiger partial charge is 0.506 e. The number of unbranched alkanes of at least 4 members (excludes halogenated alkanes) is 6. The molecule has 99 heavy (non-hydrogen) atoms. The standard InChI is InChI=1S/C28H26Br2O3.C28H26I2O3.C28H30N2O3/c3*1-2-3-5-10-24-26(27(31)20-16-22(29)28(32)23(30)17-20)21-14-13-19(15-25(21)33-24)12-11-18-8-6-4-7-9-18/h2*4,6-9,13-17,32H,2-3,5,10-12H2,1H3;4,6-9,13-17,32H,2-3,5,10-12,29-30H2,1H3. The van der Waals surface area contributed by atoms with E-state index < -0.39 is 0 Å². The highest BCUT2D eigenvalue weighted by Crippen LogP contribution is 2.39. The maximum Gasteiger partial charge on any atom is 0.197 e. The lowest BCUT2D eigenvalue weighted by atomic mass is 9.96. The third kappa shape index (κ3) is 18.7. The van der Waals surface area contributed by atoms with E-state index in [1.807, 2.05) is 54.6 Å². The van der Waals surface area contributed by atoms with Gasteiger partial charge in [-0.25, -0.2) is 0 Å². The average molecular weight is 1680 g/mol. The normalized spacial score (nSPS) is 11.2. The van der Waals surface area contributed by atoms with Crippen LogP contribution >= 0.6 is 77.0 Å². The van der Waals surface area contributed by atoms with Gasteiger partial charge in [-0.1, -0.05) is 187 Å². The van der Waals surface area contributed by atoms with E-state index in [-0.39, 0.29) is 46.0 Å². The van der Waals surface area contributed by atoms with Crippen molar-refractivity contribution in [2.75, 3.05) is 11.5 Å². The molecule has 510 valence electrons. The average Bonchev–Trinajstić information content (AvgIpc) is 1.68. The van der Waals surface area contributed by atoms with Crippen LogP contribution < -0.4 is 11.5 Å². The van der Waals surface area contributed by atoms with Gasteiger partial charge in [0.15, 0.2) is 23.1 Å². The fourth-order valence-electron chi connectivity index (χ4n) is 12.4. The number of fused-ring (bicyclic) bond motifs is 3. The molecule has 0 fully saturated rings. The van der Waals surface area contributed by atoms with Crippen LogP contribution in [0.15, 0.2) is 204 Å². The first-order valence-electron chi connectivity index (χ1n) is 34.1. The summed E-state index contributed by atoms with van der Waals surface area (Å²) in [6.07, 6.45) is 17.2. The third-order valence-electron chi connectivity index (χ3n) is 17.8. The molecule has 0 radical (unpaired) electrons. The molecule has 0 aliphatic heterocycles. The van der Waals surface area contributed by atoms with Gasteiger partial charge in [-0.05, 0) is 223 Å². The van der Waals surface area contributed by atoms with Crippen LogP contribution in [-0.4, -0.2) is 32.7 Å². The molecule has 7 N–H and O–H groups in total. The first-order valence-corrected chi connectivity index (χ1v) is 37.8. The summed E-state index contributed by atoms with van der Waals surface area (Å²) >= 11 is 10.8. The van der Waals surface area contributed by atoms with Gasteiger partial charge in [0.05, 0.1) is 44.2 Å². The summed E-state index contributed by atoms with van der Waals surface area (Å²) < 4.78 is 21.1. The predicted molar refractivity (Wildman–Crippen MR) is 424 cm³/mol. The van der Waals surface area contributed by atoms with Crippen LogP contribution in [0.4, 0.5) is 11.4 Å². The zero-order chi connectivity index (χ0) is 70.1. The van der Waals surface area contributed by atoms with Crippen LogP contribution in [0.25, 0.3) is 32.9 Å². The monoisotopic (exact) mass is 1670 g/mol. The van der Waals surface area contributed by atoms with Gasteiger partial charge in [-0.15, -0.1) is 0 Å². The molecule has 11 nitrogen and oxygen atoms in total. The number of phenols is 3. The molecule has 0 amide bonds. The Morgan fingerprint density at radius 3 is 0.960 bits per heavy atom. The first kappa shape index (κ1) is 73.7. The van der Waals surface area contributed by atoms with Gasteiger partial charge in [0.25, 0.3) is 0 Å². The number of ketones is 3. The second kappa shape index (κ2) is 35.4. The fraction of sp³-hybridized carbons (Fsp3) is 0.250. The molecule has 3 heterocycles. The number of anilines is 2. The molecule has 0 aliphatic rings. The molecule has 9 aromatic carbocycles. The van der Waals surface area contributed by atoms with Crippen molar-refractivity contribution in [3.63, 3.8) is 0 Å². The number of rotatable bonds is 27. The van der Waals surface area contributed by atoms with Gasteiger partial charge < -0.3 is 40.0 Å². The number of nitrogens with two attached hydrogens (primary N) is 2. The number of halogens is 4. The van der Waals surface area contributed by atoms with Crippen molar-refractivity contribution < 1.29 is 43.0 Å². The van der Waals surface area contributed by atoms with Crippen molar-refractivity contribution in [3.8, 4) is 17.2 Å². The van der Waals surface area contributed by atoms with E-state index in [1.165, 1.54) is 39.9 Å². The second-order valence-corrected chi connectivity index (χ2v) is 29.1. The lowest BCUT2D eigenvalue weighted by Crippen LogP contribution is -2.06. The zero-order valence-electron chi connectivity index (χ0n) is 56.0. The lowest BCUT2D eigenvalue weighted by molar-refractivity contribution is 0.103. The molecular weight excluding hydrogens is 1590 g/mol. The Bertz CT molecular complexity index is 4240. The highest BCUT2D eigenvalue weighted by atomic mass is 127. The van der Waals surface area contributed by atoms with Crippen LogP contribution in [-0.2, 0) is 57.8 Å². The van der Waals surface area contributed by atoms with E-state index in [1.54, 1.807) is 24.3 Å². The quantitative estimate of drug-likeness (QED) is 0.0108. The smallest absolute Gasteiger partial charge is 0.197 e. The Hall–Kier alpha value is -7.97. The minimum Gasteiger partial charge on any atom is -0.506 e. The summed E-state index contributed by atoms with van der Waals surface area (Å²) in [5.41, 5.74) is 24.9. The predicted octanol–water partition coefficient (Wildman–Crippen LogP) is 22.6. The topological polar surface area (TPSA) is 203 Å². The summed E-state index contributed by atoms with van der Waals surface area (Å²) in [7, 11) is 0. The summed E-state index contributed by atoms with van der Waals surface area (Å²) in [5.74, 6) is 1.95. The SMILES string of the molecule is CCCCCc1oc2cc(CCc3ccccc3)ccc2c1C(=O)c1cc(Br)c(O)c(Br)c1.CCCCCc1oc2cc(CCc3ccccc3)ccc2c1C(=O)c1cc(I)c(O)c(I)c1.CCCCCc1oc2cc(CCc3ccccc3)ccc2c1C(=O)c1cc(N)c(O)c(N)c1. The molecular formula is C84H82Br2I2N2O9. The van der Waals surface area contributed by atoms with Gasteiger partial charge in [-0.2, -0.15) is 0 Å². The van der Waals surface area contributed by atoms with Crippen molar-refractivity contribution in [3.05, 3.63) is 282 Å². The van der Waals surface area contributed by atoms with E-state index in [0.29, 0.717) is 61.6 Å². The molecule has 0 atom stereocenters. The van der Waals surface area contributed by atoms with E-state index in [2.05, 4.69) is 189 Å². The van der Waals surface area contributed by atoms with Gasteiger partial charge in [-0.3, -0.25) is 14.4 Å². The van der Waals surface area contributed by atoms with E-state index in [9.17, 15) is 29.7 Å². The van der Waals surface area contributed by atoms with E-state index in [0.717, 1.165) is 159 Å². The number of phenolic OH excluding ortho intramolecular Hbond substituents is 3. The molecule has 12 aromatic rings. The van der Waals surface area contributed by atoms with E-state index in [4.69, 9.17) is 24.7 Å². The zero-order valence-corrected chi connectivity index (χ0v) is 63.5. The Kier molecular flexibility index (Phi) is 26.3. The number of hydrogen-bond acceptors (Lipinski definition) is 11.